The summed E-state index contributed by atoms with van der Waals surface area (Å²) in [7, 11) is -3.85. The van der Waals surface area contributed by atoms with Gasteiger partial charge in [0.15, 0.2) is 0 Å². The number of nitrogens with zero attached hydrogens (tertiary/aromatic N) is 3. The van der Waals surface area contributed by atoms with Crippen molar-refractivity contribution in [2.45, 2.75) is 30.3 Å². The fraction of sp³-hybridized carbons (Fsp3) is 0.632. The molecule has 0 aliphatic carbocycles. The Morgan fingerprint density at radius 1 is 1.00 bits per heavy atom. The quantitative estimate of drug-likeness (QED) is 0.660. The van der Waals surface area contributed by atoms with E-state index >= 15 is 0 Å². The molecule has 1 atom stereocenters. The van der Waals surface area contributed by atoms with E-state index in [2.05, 4.69) is 0 Å². The van der Waals surface area contributed by atoms with Crippen molar-refractivity contribution in [1.29, 1.82) is 0 Å². The maximum atomic E-state index is 13.1. The summed E-state index contributed by atoms with van der Waals surface area (Å²) in [6, 6.07) is 4.53. The molecule has 0 saturated carbocycles. The molecule has 0 aromatic heterocycles. The largest absolute Gasteiger partial charge is 0.401 e. The molecular weight excluding hydrogens is 426 g/mol. The first-order chi connectivity index (χ1) is 14.1. The predicted molar refractivity (Wildman–Crippen MR) is 102 cm³/mol. The first kappa shape index (κ1) is 23.0. The number of benzene rings is 1. The summed E-state index contributed by atoms with van der Waals surface area (Å²) in [5, 5.41) is 0. The molecule has 11 heteroatoms. The van der Waals surface area contributed by atoms with Gasteiger partial charge in [-0.2, -0.15) is 17.5 Å². The van der Waals surface area contributed by atoms with Gasteiger partial charge < -0.3 is 4.90 Å². The van der Waals surface area contributed by atoms with E-state index in [9.17, 15) is 30.8 Å². The van der Waals surface area contributed by atoms with Crippen molar-refractivity contribution in [3.8, 4) is 0 Å². The number of rotatable bonds is 4. The second kappa shape index (κ2) is 9.19. The molecule has 30 heavy (non-hydrogen) atoms. The van der Waals surface area contributed by atoms with Crippen LogP contribution in [0.25, 0.3) is 0 Å². The monoisotopic (exact) mass is 451 g/mol. The van der Waals surface area contributed by atoms with Gasteiger partial charge in [-0.3, -0.25) is 9.69 Å². The molecule has 3 rings (SSSR count). The van der Waals surface area contributed by atoms with Crippen LogP contribution in [0.2, 0.25) is 0 Å². The van der Waals surface area contributed by atoms with E-state index in [4.69, 9.17) is 0 Å². The van der Waals surface area contributed by atoms with Gasteiger partial charge in [-0.15, -0.1) is 0 Å². The standard InChI is InChI=1S/C19H25F4N3O3S/c20-16-4-6-17(7-5-16)30(28,29)26-10-1-3-15(13-26)18(27)25-9-2-8-24(11-12-25)14-19(21,22)23/h4-7,15H,1-3,8-14H2. The number of alkyl halides is 3. The lowest BCUT2D eigenvalue weighted by molar-refractivity contribution is -0.145. The Morgan fingerprint density at radius 3 is 2.37 bits per heavy atom. The first-order valence-electron chi connectivity index (χ1n) is 9.90. The Kier molecular flexibility index (Phi) is 7.03. The van der Waals surface area contributed by atoms with E-state index in [-0.39, 0.29) is 43.5 Å². The molecule has 0 N–H and O–H groups in total. The lowest BCUT2D eigenvalue weighted by Gasteiger charge is -2.34. The Morgan fingerprint density at radius 2 is 1.70 bits per heavy atom. The highest BCUT2D eigenvalue weighted by atomic mass is 32.2. The van der Waals surface area contributed by atoms with Crippen molar-refractivity contribution in [2.24, 2.45) is 5.92 Å². The zero-order valence-electron chi connectivity index (χ0n) is 16.4. The van der Waals surface area contributed by atoms with Crippen LogP contribution in [0.5, 0.6) is 0 Å². The van der Waals surface area contributed by atoms with Gasteiger partial charge in [-0.25, -0.2) is 12.8 Å². The second-order valence-electron chi connectivity index (χ2n) is 7.73. The lowest BCUT2D eigenvalue weighted by atomic mass is 9.98. The van der Waals surface area contributed by atoms with E-state index < -0.39 is 34.5 Å². The highest BCUT2D eigenvalue weighted by Crippen LogP contribution is 2.26. The van der Waals surface area contributed by atoms with E-state index in [1.807, 2.05) is 0 Å². The molecule has 6 nitrogen and oxygen atoms in total. The van der Waals surface area contributed by atoms with E-state index in [0.29, 0.717) is 25.8 Å². The molecule has 168 valence electrons. The van der Waals surface area contributed by atoms with Gasteiger partial charge >= 0.3 is 6.18 Å². The van der Waals surface area contributed by atoms with Crippen LogP contribution >= 0.6 is 0 Å². The van der Waals surface area contributed by atoms with Crippen molar-refractivity contribution < 1.29 is 30.8 Å². The Balaban J connectivity index is 1.63. The van der Waals surface area contributed by atoms with Crippen molar-refractivity contribution in [1.82, 2.24) is 14.1 Å². The number of hydrogen-bond acceptors (Lipinski definition) is 4. The van der Waals surface area contributed by atoms with Gasteiger partial charge in [0, 0.05) is 39.3 Å². The van der Waals surface area contributed by atoms with Crippen molar-refractivity contribution in [3.05, 3.63) is 30.1 Å². The fourth-order valence-electron chi connectivity index (χ4n) is 3.98. The molecule has 2 aliphatic heterocycles. The molecule has 0 spiro atoms. The summed E-state index contributed by atoms with van der Waals surface area (Å²) in [4.78, 5) is 15.8. The molecule has 1 aromatic rings. The number of sulfonamides is 1. The van der Waals surface area contributed by atoms with Crippen LogP contribution in [0.15, 0.2) is 29.2 Å². The predicted octanol–water partition coefficient (Wildman–Crippen LogP) is 2.32. The smallest absolute Gasteiger partial charge is 0.341 e. The summed E-state index contributed by atoms with van der Waals surface area (Å²) in [6.07, 6.45) is -2.81. The second-order valence-corrected chi connectivity index (χ2v) is 9.66. The third kappa shape index (κ3) is 5.70. The van der Waals surface area contributed by atoms with Crippen molar-refractivity contribution in [3.63, 3.8) is 0 Å². The molecule has 2 saturated heterocycles. The maximum absolute atomic E-state index is 13.1. The first-order valence-corrected chi connectivity index (χ1v) is 11.3. The van der Waals surface area contributed by atoms with Crippen LogP contribution < -0.4 is 0 Å². The third-order valence-electron chi connectivity index (χ3n) is 5.49. The zero-order chi connectivity index (χ0) is 21.9. The molecule has 1 amide bonds. The van der Waals surface area contributed by atoms with Gasteiger partial charge in [-0.1, -0.05) is 0 Å². The van der Waals surface area contributed by atoms with Crippen LogP contribution in [0.1, 0.15) is 19.3 Å². The average molecular weight is 451 g/mol. The Labute approximate surface area is 173 Å². The summed E-state index contributed by atoms with van der Waals surface area (Å²) in [5.74, 6) is -1.30. The zero-order valence-corrected chi connectivity index (χ0v) is 17.3. The van der Waals surface area contributed by atoms with Gasteiger partial charge in [0.05, 0.1) is 17.4 Å². The molecule has 0 bridgehead atoms. The molecule has 1 aromatic carbocycles. The Bertz CT molecular complexity index is 846. The van der Waals surface area contributed by atoms with Crippen LogP contribution in [0, 0.1) is 11.7 Å². The highest BCUT2D eigenvalue weighted by molar-refractivity contribution is 7.89. The molecule has 1 unspecified atom stereocenters. The molecule has 2 heterocycles. The molecular formula is C19H25F4N3O3S. The van der Waals surface area contributed by atoms with Crippen LogP contribution in [-0.2, 0) is 14.8 Å². The summed E-state index contributed by atoms with van der Waals surface area (Å²) >= 11 is 0. The van der Waals surface area contributed by atoms with Gasteiger partial charge in [0.2, 0.25) is 15.9 Å². The van der Waals surface area contributed by atoms with Crippen LogP contribution in [0.3, 0.4) is 0 Å². The lowest BCUT2D eigenvalue weighted by Crippen LogP contribution is -2.47. The normalized spacial score (nSPS) is 22.7. The van der Waals surface area contributed by atoms with E-state index in [1.54, 1.807) is 4.90 Å². The number of piperidine rings is 1. The van der Waals surface area contributed by atoms with Crippen molar-refractivity contribution >= 4 is 15.9 Å². The molecule has 0 radical (unpaired) electrons. The summed E-state index contributed by atoms with van der Waals surface area (Å²) in [5.41, 5.74) is 0. The number of carbonyl (C=O) groups is 1. The number of hydrogen-bond donors (Lipinski definition) is 0. The topological polar surface area (TPSA) is 60.9 Å². The van der Waals surface area contributed by atoms with Crippen LogP contribution in [-0.4, -0.2) is 80.4 Å². The highest BCUT2D eigenvalue weighted by Gasteiger charge is 2.36. The SMILES string of the molecule is O=C(C1CCCN(S(=O)(=O)c2ccc(F)cc2)C1)N1CCCN(CC(F)(F)F)CC1. The Hall–Kier alpha value is -1.72. The number of halogens is 4. The van der Waals surface area contributed by atoms with E-state index in [0.717, 1.165) is 12.1 Å². The minimum Gasteiger partial charge on any atom is -0.341 e. The third-order valence-corrected chi connectivity index (χ3v) is 7.37. The molecule has 2 fully saturated rings. The van der Waals surface area contributed by atoms with Crippen LogP contribution in [0.4, 0.5) is 17.6 Å². The van der Waals surface area contributed by atoms with Gasteiger partial charge in [0.1, 0.15) is 5.82 Å². The number of carbonyl (C=O) groups excluding carboxylic acids is 1. The number of amides is 1. The fourth-order valence-corrected chi connectivity index (χ4v) is 5.50. The van der Waals surface area contributed by atoms with Gasteiger partial charge in [0.25, 0.3) is 0 Å². The minimum absolute atomic E-state index is 0.0152. The van der Waals surface area contributed by atoms with Gasteiger partial charge in [-0.05, 0) is 43.5 Å². The average Bonchev–Trinajstić information content (AvgIpc) is 2.92. The summed E-state index contributed by atoms with van der Waals surface area (Å²) in [6.45, 7) is 0.228. The molecule has 2 aliphatic rings. The minimum atomic E-state index is -4.28. The summed E-state index contributed by atoms with van der Waals surface area (Å²) < 4.78 is 77.9. The maximum Gasteiger partial charge on any atom is 0.401 e. The van der Waals surface area contributed by atoms with Crippen molar-refractivity contribution in [2.75, 3.05) is 45.8 Å². The van der Waals surface area contributed by atoms with E-state index in [1.165, 1.54) is 21.3 Å².